The van der Waals surface area contributed by atoms with E-state index in [9.17, 15) is 19.1 Å². The highest BCUT2D eigenvalue weighted by Gasteiger charge is 2.34. The Morgan fingerprint density at radius 1 is 1.33 bits per heavy atom. The molecule has 0 saturated carbocycles. The summed E-state index contributed by atoms with van der Waals surface area (Å²) in [6.07, 6.45) is 0.989. The van der Waals surface area contributed by atoms with Crippen LogP contribution in [0.1, 0.15) is 32.3 Å². The van der Waals surface area contributed by atoms with E-state index in [1.165, 1.54) is 24.0 Å². The van der Waals surface area contributed by atoms with Gasteiger partial charge in [0.05, 0.1) is 0 Å². The first-order chi connectivity index (χ1) is 9.78. The molecule has 0 fully saturated rings. The standard InChI is InChI=1S/C15H21FN2O3/c1-4-9-15(2,13(19)20)17-14(21)18(3)10-11-5-7-12(16)8-6-11/h5-8H,4,9-10H2,1-3H3,(H,17,21)(H,19,20). The maximum Gasteiger partial charge on any atom is 0.329 e. The van der Waals surface area contributed by atoms with E-state index >= 15 is 0 Å². The van der Waals surface area contributed by atoms with Crippen LogP contribution < -0.4 is 5.32 Å². The summed E-state index contributed by atoms with van der Waals surface area (Å²) in [6.45, 7) is 3.62. The van der Waals surface area contributed by atoms with E-state index in [-0.39, 0.29) is 12.4 Å². The molecule has 0 aliphatic rings. The number of hydrogen-bond acceptors (Lipinski definition) is 2. The van der Waals surface area contributed by atoms with Crippen molar-refractivity contribution in [3.63, 3.8) is 0 Å². The van der Waals surface area contributed by atoms with Crippen molar-refractivity contribution in [3.8, 4) is 0 Å². The molecule has 5 nitrogen and oxygen atoms in total. The smallest absolute Gasteiger partial charge is 0.329 e. The van der Waals surface area contributed by atoms with Gasteiger partial charge in [-0.2, -0.15) is 0 Å². The van der Waals surface area contributed by atoms with Crippen LogP contribution in [0.2, 0.25) is 0 Å². The third-order valence-electron chi connectivity index (χ3n) is 3.28. The summed E-state index contributed by atoms with van der Waals surface area (Å²) in [5, 5.41) is 11.8. The van der Waals surface area contributed by atoms with E-state index in [0.29, 0.717) is 12.8 Å². The van der Waals surface area contributed by atoms with Gasteiger partial charge in [0, 0.05) is 13.6 Å². The van der Waals surface area contributed by atoms with E-state index in [4.69, 9.17) is 0 Å². The van der Waals surface area contributed by atoms with Crippen LogP contribution in [0.3, 0.4) is 0 Å². The molecule has 0 spiro atoms. The van der Waals surface area contributed by atoms with Crippen LogP contribution in [0, 0.1) is 5.82 Å². The zero-order valence-electron chi connectivity index (χ0n) is 12.5. The van der Waals surface area contributed by atoms with Gasteiger partial charge in [-0.15, -0.1) is 0 Å². The van der Waals surface area contributed by atoms with Gasteiger partial charge in [0.15, 0.2) is 0 Å². The number of carbonyl (C=O) groups excluding carboxylic acids is 1. The number of hydrogen-bond donors (Lipinski definition) is 2. The Morgan fingerprint density at radius 3 is 2.38 bits per heavy atom. The molecule has 2 N–H and O–H groups in total. The fourth-order valence-corrected chi connectivity index (χ4v) is 1.99. The second-order valence-electron chi connectivity index (χ2n) is 5.30. The molecule has 1 atom stereocenters. The Kier molecular flexibility index (Phi) is 5.69. The Morgan fingerprint density at radius 2 is 1.90 bits per heavy atom. The number of halogens is 1. The molecule has 0 radical (unpaired) electrons. The number of carboxylic acids is 1. The maximum absolute atomic E-state index is 12.8. The number of urea groups is 1. The summed E-state index contributed by atoms with van der Waals surface area (Å²) in [5.74, 6) is -1.40. The molecule has 116 valence electrons. The van der Waals surface area contributed by atoms with Gasteiger partial charge in [0.2, 0.25) is 0 Å². The molecule has 1 rings (SSSR count). The predicted octanol–water partition coefficient (Wildman–Crippen LogP) is 2.61. The van der Waals surface area contributed by atoms with Crippen LogP contribution in [0.5, 0.6) is 0 Å². The first-order valence-electron chi connectivity index (χ1n) is 6.79. The Labute approximate surface area is 123 Å². The lowest BCUT2D eigenvalue weighted by atomic mass is 9.96. The monoisotopic (exact) mass is 296 g/mol. The largest absolute Gasteiger partial charge is 0.480 e. The van der Waals surface area contributed by atoms with Crippen molar-refractivity contribution in [1.82, 2.24) is 10.2 Å². The van der Waals surface area contributed by atoms with E-state index < -0.39 is 17.5 Å². The highest BCUT2D eigenvalue weighted by atomic mass is 19.1. The van der Waals surface area contributed by atoms with E-state index in [1.807, 2.05) is 6.92 Å². The van der Waals surface area contributed by atoms with Crippen molar-refractivity contribution in [2.45, 2.75) is 38.8 Å². The first kappa shape index (κ1) is 16.9. The highest BCUT2D eigenvalue weighted by molar-refractivity contribution is 5.85. The number of rotatable bonds is 6. The van der Waals surface area contributed by atoms with Crippen LogP contribution in [0.25, 0.3) is 0 Å². The quantitative estimate of drug-likeness (QED) is 0.847. The molecular weight excluding hydrogens is 275 g/mol. The lowest BCUT2D eigenvalue weighted by Gasteiger charge is -2.29. The zero-order chi connectivity index (χ0) is 16.0. The van der Waals surface area contributed by atoms with Crippen LogP contribution in [-0.4, -0.2) is 34.6 Å². The molecule has 1 unspecified atom stereocenters. The van der Waals surface area contributed by atoms with Crippen molar-refractivity contribution in [3.05, 3.63) is 35.6 Å². The SMILES string of the molecule is CCCC(C)(NC(=O)N(C)Cc1ccc(F)cc1)C(=O)O. The van der Waals surface area contributed by atoms with Crippen molar-refractivity contribution in [1.29, 1.82) is 0 Å². The second kappa shape index (κ2) is 7.06. The summed E-state index contributed by atoms with van der Waals surface area (Å²) >= 11 is 0. The summed E-state index contributed by atoms with van der Waals surface area (Å²) < 4.78 is 12.8. The minimum Gasteiger partial charge on any atom is -0.480 e. The molecule has 1 aromatic carbocycles. The van der Waals surface area contributed by atoms with Gasteiger partial charge in [-0.25, -0.2) is 14.0 Å². The van der Waals surface area contributed by atoms with Gasteiger partial charge < -0.3 is 15.3 Å². The molecule has 0 aliphatic carbocycles. The van der Waals surface area contributed by atoms with Gasteiger partial charge in [-0.1, -0.05) is 25.5 Å². The lowest BCUT2D eigenvalue weighted by molar-refractivity contribution is -0.144. The molecule has 6 heteroatoms. The first-order valence-corrected chi connectivity index (χ1v) is 6.79. The normalized spacial score (nSPS) is 13.3. The van der Waals surface area contributed by atoms with Gasteiger partial charge >= 0.3 is 12.0 Å². The topological polar surface area (TPSA) is 69.6 Å². The number of carbonyl (C=O) groups is 2. The van der Waals surface area contributed by atoms with Crippen molar-refractivity contribution >= 4 is 12.0 Å². The molecule has 0 heterocycles. The van der Waals surface area contributed by atoms with Crippen molar-refractivity contribution in [2.75, 3.05) is 7.05 Å². The lowest BCUT2D eigenvalue weighted by Crippen LogP contribution is -2.55. The van der Waals surface area contributed by atoms with Crippen LogP contribution in [0.4, 0.5) is 9.18 Å². The van der Waals surface area contributed by atoms with E-state index in [2.05, 4.69) is 5.32 Å². The summed E-state index contributed by atoms with van der Waals surface area (Å²) in [5.41, 5.74) is -0.523. The fourth-order valence-electron chi connectivity index (χ4n) is 1.99. The molecular formula is C15H21FN2O3. The molecule has 0 bridgehead atoms. The van der Waals surface area contributed by atoms with Crippen molar-refractivity contribution in [2.24, 2.45) is 0 Å². The maximum atomic E-state index is 12.8. The van der Waals surface area contributed by atoms with Crippen molar-refractivity contribution < 1.29 is 19.1 Å². The predicted molar refractivity (Wildman–Crippen MR) is 77.3 cm³/mol. The van der Waals surface area contributed by atoms with Gasteiger partial charge in [0.25, 0.3) is 0 Å². The summed E-state index contributed by atoms with van der Waals surface area (Å²) in [6, 6.07) is 5.33. The molecule has 2 amide bonds. The zero-order valence-corrected chi connectivity index (χ0v) is 12.5. The number of benzene rings is 1. The number of amides is 2. The summed E-state index contributed by atoms with van der Waals surface area (Å²) in [7, 11) is 1.56. The Bertz CT molecular complexity index is 504. The number of aliphatic carboxylic acids is 1. The van der Waals surface area contributed by atoms with E-state index in [1.54, 1.807) is 19.2 Å². The summed E-state index contributed by atoms with van der Waals surface area (Å²) in [4.78, 5) is 24.7. The Balaban J connectivity index is 2.69. The van der Waals surface area contributed by atoms with Gasteiger partial charge in [-0.05, 0) is 31.0 Å². The molecule has 21 heavy (non-hydrogen) atoms. The number of nitrogens with one attached hydrogen (secondary N) is 1. The average molecular weight is 296 g/mol. The van der Waals surface area contributed by atoms with Gasteiger partial charge in [-0.3, -0.25) is 0 Å². The molecule has 0 aromatic heterocycles. The molecule has 0 aliphatic heterocycles. The minimum absolute atomic E-state index is 0.272. The number of nitrogens with zero attached hydrogens (tertiary/aromatic N) is 1. The van der Waals surface area contributed by atoms with E-state index in [0.717, 1.165) is 5.56 Å². The molecule has 0 saturated heterocycles. The third-order valence-corrected chi connectivity index (χ3v) is 3.28. The van der Waals surface area contributed by atoms with Crippen LogP contribution in [-0.2, 0) is 11.3 Å². The minimum atomic E-state index is -1.29. The molecule has 1 aromatic rings. The van der Waals surface area contributed by atoms with Crippen LogP contribution >= 0.6 is 0 Å². The highest BCUT2D eigenvalue weighted by Crippen LogP contribution is 2.14. The van der Waals surface area contributed by atoms with Gasteiger partial charge in [0.1, 0.15) is 11.4 Å². The third kappa shape index (κ3) is 4.73. The fraction of sp³-hybridized carbons (Fsp3) is 0.467. The second-order valence-corrected chi connectivity index (χ2v) is 5.30. The number of carboxylic acid groups (broad SMARTS) is 1. The average Bonchev–Trinajstić information content (AvgIpc) is 2.41. The van der Waals surface area contributed by atoms with Crippen LogP contribution in [0.15, 0.2) is 24.3 Å². The Hall–Kier alpha value is -2.11.